The lowest BCUT2D eigenvalue weighted by atomic mass is 10.1. The predicted molar refractivity (Wildman–Crippen MR) is 103 cm³/mol. The fraction of sp³-hybridized carbons (Fsp3) is 0.333. The van der Waals surface area contributed by atoms with Gasteiger partial charge in [0.25, 0.3) is 5.91 Å². The molecule has 0 saturated carbocycles. The van der Waals surface area contributed by atoms with Crippen molar-refractivity contribution in [3.63, 3.8) is 0 Å². The molecule has 3 heterocycles. The van der Waals surface area contributed by atoms with Gasteiger partial charge >= 0.3 is 0 Å². The summed E-state index contributed by atoms with van der Waals surface area (Å²) in [6.07, 6.45) is 4.83. The SMILES string of the molecule is Cn1ccc2ccc(C(=O)N3CCN(CCc4ccccn4)CC3)cc21. The Morgan fingerprint density at radius 1 is 1.08 bits per heavy atom. The Morgan fingerprint density at radius 2 is 1.92 bits per heavy atom. The summed E-state index contributed by atoms with van der Waals surface area (Å²) < 4.78 is 2.06. The summed E-state index contributed by atoms with van der Waals surface area (Å²) >= 11 is 0. The molecule has 5 nitrogen and oxygen atoms in total. The average molecular weight is 348 g/mol. The first-order valence-corrected chi connectivity index (χ1v) is 9.17. The van der Waals surface area contributed by atoms with Crippen LogP contribution < -0.4 is 0 Å². The molecule has 5 heteroatoms. The van der Waals surface area contributed by atoms with Crippen LogP contribution in [0.3, 0.4) is 0 Å². The van der Waals surface area contributed by atoms with Crippen LogP contribution in [-0.2, 0) is 13.5 Å². The molecule has 0 spiro atoms. The van der Waals surface area contributed by atoms with Gasteiger partial charge in [-0.05, 0) is 35.7 Å². The van der Waals surface area contributed by atoms with E-state index in [1.54, 1.807) is 0 Å². The number of piperazine rings is 1. The van der Waals surface area contributed by atoms with E-state index in [-0.39, 0.29) is 5.91 Å². The van der Waals surface area contributed by atoms with Gasteiger partial charge in [-0.25, -0.2) is 0 Å². The molecular weight excluding hydrogens is 324 g/mol. The van der Waals surface area contributed by atoms with E-state index in [0.29, 0.717) is 0 Å². The highest BCUT2D eigenvalue weighted by molar-refractivity contribution is 5.98. The van der Waals surface area contributed by atoms with Crippen molar-refractivity contribution in [1.82, 2.24) is 19.4 Å². The first-order valence-electron chi connectivity index (χ1n) is 9.17. The summed E-state index contributed by atoms with van der Waals surface area (Å²) in [5, 5.41) is 1.17. The lowest BCUT2D eigenvalue weighted by Crippen LogP contribution is -2.49. The molecule has 0 unspecified atom stereocenters. The minimum atomic E-state index is 0.137. The molecular formula is C21H24N4O. The number of carbonyl (C=O) groups is 1. The van der Waals surface area contributed by atoms with Crippen molar-refractivity contribution in [2.24, 2.45) is 7.05 Å². The zero-order valence-electron chi connectivity index (χ0n) is 15.1. The van der Waals surface area contributed by atoms with Gasteiger partial charge < -0.3 is 9.47 Å². The van der Waals surface area contributed by atoms with Crippen molar-refractivity contribution in [1.29, 1.82) is 0 Å². The summed E-state index contributed by atoms with van der Waals surface area (Å²) in [5.41, 5.74) is 3.01. The van der Waals surface area contributed by atoms with Crippen LogP contribution in [0.15, 0.2) is 54.9 Å². The number of aryl methyl sites for hydroxylation is 1. The molecule has 0 radical (unpaired) electrons. The second kappa shape index (κ2) is 7.30. The number of aromatic nitrogens is 2. The third-order valence-electron chi connectivity index (χ3n) is 5.20. The maximum atomic E-state index is 12.9. The van der Waals surface area contributed by atoms with Gasteiger partial charge in [0.2, 0.25) is 0 Å². The summed E-state index contributed by atoms with van der Waals surface area (Å²) in [7, 11) is 2.01. The highest BCUT2D eigenvalue weighted by atomic mass is 16.2. The van der Waals surface area contributed by atoms with E-state index in [0.717, 1.165) is 55.9 Å². The van der Waals surface area contributed by atoms with Crippen molar-refractivity contribution in [2.45, 2.75) is 6.42 Å². The lowest BCUT2D eigenvalue weighted by Gasteiger charge is -2.34. The van der Waals surface area contributed by atoms with E-state index in [1.165, 1.54) is 5.39 Å². The van der Waals surface area contributed by atoms with E-state index in [1.807, 2.05) is 54.7 Å². The largest absolute Gasteiger partial charge is 0.351 e. The van der Waals surface area contributed by atoms with Crippen LogP contribution in [0.5, 0.6) is 0 Å². The van der Waals surface area contributed by atoms with Gasteiger partial charge in [0, 0.05) is 75.4 Å². The molecule has 1 aliphatic rings. The van der Waals surface area contributed by atoms with Crippen LogP contribution >= 0.6 is 0 Å². The lowest BCUT2D eigenvalue weighted by molar-refractivity contribution is 0.0638. The second-order valence-electron chi connectivity index (χ2n) is 6.91. The van der Waals surface area contributed by atoms with E-state index in [2.05, 4.69) is 26.6 Å². The molecule has 1 saturated heterocycles. The van der Waals surface area contributed by atoms with Gasteiger partial charge in [0.05, 0.1) is 0 Å². The standard InChI is InChI=1S/C21H24N4O/c1-23-10-7-17-5-6-18(16-20(17)23)21(26)25-14-12-24(13-15-25)11-8-19-4-2-3-9-22-19/h2-7,9-10,16H,8,11-15H2,1H3. The summed E-state index contributed by atoms with van der Waals surface area (Å²) in [6.45, 7) is 4.41. The van der Waals surface area contributed by atoms with Crippen molar-refractivity contribution in [3.05, 3.63) is 66.1 Å². The quantitative estimate of drug-likeness (QED) is 0.728. The van der Waals surface area contributed by atoms with Crippen LogP contribution in [0.2, 0.25) is 0 Å². The number of benzene rings is 1. The molecule has 1 aliphatic heterocycles. The maximum absolute atomic E-state index is 12.9. The number of amides is 1. The minimum Gasteiger partial charge on any atom is -0.351 e. The zero-order chi connectivity index (χ0) is 17.9. The number of pyridine rings is 1. The third kappa shape index (κ3) is 3.48. The van der Waals surface area contributed by atoms with Gasteiger partial charge in [0.15, 0.2) is 0 Å². The van der Waals surface area contributed by atoms with Crippen LogP contribution in [0.4, 0.5) is 0 Å². The Balaban J connectivity index is 1.34. The van der Waals surface area contributed by atoms with Gasteiger partial charge in [-0.2, -0.15) is 0 Å². The topological polar surface area (TPSA) is 41.4 Å². The number of fused-ring (bicyclic) bond motifs is 1. The number of carbonyl (C=O) groups excluding carboxylic acids is 1. The van der Waals surface area contributed by atoms with Crippen molar-refractivity contribution in [3.8, 4) is 0 Å². The van der Waals surface area contributed by atoms with Crippen molar-refractivity contribution in [2.75, 3.05) is 32.7 Å². The summed E-state index contributed by atoms with van der Waals surface area (Å²) in [6, 6.07) is 14.1. The monoisotopic (exact) mass is 348 g/mol. The average Bonchev–Trinajstić information content (AvgIpc) is 3.07. The molecule has 134 valence electrons. The van der Waals surface area contributed by atoms with E-state index < -0.39 is 0 Å². The van der Waals surface area contributed by atoms with Crippen LogP contribution in [0.1, 0.15) is 16.1 Å². The van der Waals surface area contributed by atoms with E-state index in [9.17, 15) is 4.79 Å². The maximum Gasteiger partial charge on any atom is 0.254 e. The molecule has 2 aromatic heterocycles. The molecule has 0 atom stereocenters. The van der Waals surface area contributed by atoms with Crippen LogP contribution in [0.25, 0.3) is 10.9 Å². The Labute approximate surface area is 153 Å². The number of rotatable bonds is 4. The Kier molecular flexibility index (Phi) is 4.71. The first-order chi connectivity index (χ1) is 12.7. The molecule has 4 rings (SSSR count). The van der Waals surface area contributed by atoms with Crippen molar-refractivity contribution >= 4 is 16.8 Å². The van der Waals surface area contributed by atoms with Gasteiger partial charge in [0.1, 0.15) is 0 Å². The zero-order valence-corrected chi connectivity index (χ0v) is 15.1. The van der Waals surface area contributed by atoms with E-state index in [4.69, 9.17) is 0 Å². The number of hydrogen-bond donors (Lipinski definition) is 0. The van der Waals surface area contributed by atoms with Gasteiger partial charge in [-0.3, -0.25) is 14.7 Å². The second-order valence-corrected chi connectivity index (χ2v) is 6.91. The predicted octanol–water partition coefficient (Wildman–Crippen LogP) is 2.57. The van der Waals surface area contributed by atoms with Gasteiger partial charge in [-0.1, -0.05) is 12.1 Å². The Bertz CT molecular complexity index is 895. The van der Waals surface area contributed by atoms with Crippen LogP contribution in [0, 0.1) is 0 Å². The fourth-order valence-electron chi connectivity index (χ4n) is 3.57. The molecule has 1 amide bonds. The Morgan fingerprint density at radius 3 is 2.69 bits per heavy atom. The molecule has 0 aliphatic carbocycles. The molecule has 0 bridgehead atoms. The van der Waals surface area contributed by atoms with Crippen LogP contribution in [-0.4, -0.2) is 58.0 Å². The fourth-order valence-corrected chi connectivity index (χ4v) is 3.57. The first kappa shape index (κ1) is 16.8. The van der Waals surface area contributed by atoms with Gasteiger partial charge in [-0.15, -0.1) is 0 Å². The summed E-state index contributed by atoms with van der Waals surface area (Å²) in [4.78, 5) is 21.6. The smallest absolute Gasteiger partial charge is 0.254 e. The highest BCUT2D eigenvalue weighted by Gasteiger charge is 2.22. The normalized spacial score (nSPS) is 15.5. The molecule has 3 aromatic rings. The van der Waals surface area contributed by atoms with E-state index >= 15 is 0 Å². The number of hydrogen-bond acceptors (Lipinski definition) is 3. The molecule has 0 N–H and O–H groups in total. The molecule has 1 aromatic carbocycles. The minimum absolute atomic E-state index is 0.137. The third-order valence-corrected chi connectivity index (χ3v) is 5.20. The highest BCUT2D eigenvalue weighted by Crippen LogP contribution is 2.18. The molecule has 1 fully saturated rings. The molecule has 26 heavy (non-hydrogen) atoms. The number of nitrogens with zero attached hydrogens (tertiary/aromatic N) is 4. The Hall–Kier alpha value is -2.66. The van der Waals surface area contributed by atoms with Crippen molar-refractivity contribution < 1.29 is 4.79 Å². The summed E-state index contributed by atoms with van der Waals surface area (Å²) in [5.74, 6) is 0.137.